The number of nitrogens with one attached hydrogen (secondary N) is 1. The first-order valence-corrected chi connectivity index (χ1v) is 9.31. The number of benzene rings is 1. The van der Waals surface area contributed by atoms with E-state index in [-0.39, 0.29) is 6.10 Å². The predicted octanol–water partition coefficient (Wildman–Crippen LogP) is 2.38. The Morgan fingerprint density at radius 1 is 1.38 bits per heavy atom. The van der Waals surface area contributed by atoms with Crippen LogP contribution in [0.1, 0.15) is 12.5 Å². The highest BCUT2D eigenvalue weighted by Gasteiger charge is 2.20. The summed E-state index contributed by atoms with van der Waals surface area (Å²) in [6, 6.07) is 5.01. The minimum atomic E-state index is -0.407. The van der Waals surface area contributed by atoms with E-state index >= 15 is 0 Å². The van der Waals surface area contributed by atoms with E-state index in [1.807, 2.05) is 13.0 Å². The Labute approximate surface area is 167 Å². The predicted molar refractivity (Wildman–Crippen MR) is 111 cm³/mol. The molecule has 9 heteroatoms. The number of anilines is 1. The third-order valence-corrected chi connectivity index (χ3v) is 4.87. The number of nitrogens with zero attached hydrogens (tertiary/aromatic N) is 5. The Morgan fingerprint density at radius 3 is 3.00 bits per heavy atom. The molecule has 1 aliphatic rings. The monoisotopic (exact) mass is 395 g/mol. The smallest absolute Gasteiger partial charge is 0.133 e. The second-order valence-corrected chi connectivity index (χ2v) is 6.85. The Kier molecular flexibility index (Phi) is 5.22. The van der Waals surface area contributed by atoms with Gasteiger partial charge in [-0.15, -0.1) is 0 Å². The van der Waals surface area contributed by atoms with Crippen molar-refractivity contribution in [3.63, 3.8) is 0 Å². The van der Waals surface area contributed by atoms with Gasteiger partial charge in [0.25, 0.3) is 0 Å². The Bertz CT molecular complexity index is 1090. The first-order valence-electron chi connectivity index (χ1n) is 9.31. The van der Waals surface area contributed by atoms with E-state index in [1.165, 1.54) is 24.8 Å². The molecule has 1 aromatic carbocycles. The third kappa shape index (κ3) is 3.68. The number of ether oxygens (including phenoxy) is 1. The minimum absolute atomic E-state index is 0.139. The van der Waals surface area contributed by atoms with Crippen molar-refractivity contribution in [2.45, 2.75) is 13.0 Å². The highest BCUT2D eigenvalue weighted by Crippen LogP contribution is 2.30. The number of H-pyrrole nitrogens is 1. The molecule has 3 N–H and O–H groups in total. The summed E-state index contributed by atoms with van der Waals surface area (Å²) in [6.07, 6.45) is 4.51. The number of aliphatic imine (C=N–C) groups is 1. The Balaban J connectivity index is 1.77. The van der Waals surface area contributed by atoms with Gasteiger partial charge < -0.3 is 15.4 Å². The van der Waals surface area contributed by atoms with Crippen molar-refractivity contribution in [1.82, 2.24) is 20.2 Å². The lowest BCUT2D eigenvalue weighted by molar-refractivity contribution is 0.0529. The zero-order valence-electron chi connectivity index (χ0n) is 16.3. The molecule has 0 saturated carbocycles. The highest BCUT2D eigenvalue weighted by molar-refractivity contribution is 6.11. The summed E-state index contributed by atoms with van der Waals surface area (Å²) in [5.41, 5.74) is 8.35. The van der Waals surface area contributed by atoms with E-state index in [0.29, 0.717) is 34.6 Å². The average molecular weight is 395 g/mol. The fourth-order valence-electron chi connectivity index (χ4n) is 3.47. The molecule has 0 unspecified atom stereocenters. The average Bonchev–Trinajstić information content (AvgIpc) is 3.14. The van der Waals surface area contributed by atoms with Crippen LogP contribution in [-0.2, 0) is 4.74 Å². The zero-order chi connectivity index (χ0) is 20.4. The van der Waals surface area contributed by atoms with Crippen molar-refractivity contribution in [2.24, 2.45) is 10.7 Å². The molecule has 0 amide bonds. The normalized spacial score (nSPS) is 18.1. The van der Waals surface area contributed by atoms with Crippen LogP contribution in [0.2, 0.25) is 0 Å². The van der Waals surface area contributed by atoms with Crippen molar-refractivity contribution >= 4 is 28.5 Å². The largest absolute Gasteiger partial charge is 0.404 e. The van der Waals surface area contributed by atoms with Gasteiger partial charge in [0.1, 0.15) is 23.7 Å². The maximum atomic E-state index is 14.6. The van der Waals surface area contributed by atoms with Crippen LogP contribution >= 0.6 is 0 Å². The summed E-state index contributed by atoms with van der Waals surface area (Å²) in [4.78, 5) is 14.9. The molecule has 1 fully saturated rings. The van der Waals surface area contributed by atoms with Crippen LogP contribution in [0.15, 0.2) is 35.7 Å². The maximum Gasteiger partial charge on any atom is 0.133 e. The van der Waals surface area contributed by atoms with Crippen LogP contribution in [0.4, 0.5) is 10.2 Å². The quantitative estimate of drug-likeness (QED) is 0.657. The van der Waals surface area contributed by atoms with Crippen LogP contribution in [0.5, 0.6) is 0 Å². The van der Waals surface area contributed by atoms with Gasteiger partial charge in [0.15, 0.2) is 0 Å². The number of halogens is 1. The van der Waals surface area contributed by atoms with E-state index in [0.717, 1.165) is 24.3 Å². The third-order valence-electron chi connectivity index (χ3n) is 4.87. The second kappa shape index (κ2) is 7.96. The summed E-state index contributed by atoms with van der Waals surface area (Å²) < 4.78 is 20.2. The molecule has 29 heavy (non-hydrogen) atoms. The number of aromatic amines is 1. The fourth-order valence-corrected chi connectivity index (χ4v) is 3.47. The summed E-state index contributed by atoms with van der Waals surface area (Å²) in [7, 11) is 1.61. The lowest BCUT2D eigenvalue weighted by atomic mass is 10.0. The van der Waals surface area contributed by atoms with Crippen molar-refractivity contribution in [1.29, 1.82) is 0 Å². The number of morpholine rings is 1. The van der Waals surface area contributed by atoms with Gasteiger partial charge in [0.2, 0.25) is 0 Å². The molecule has 3 heterocycles. The molecular formula is C20H22FN7O. The molecule has 4 rings (SSSR count). The van der Waals surface area contributed by atoms with Crippen LogP contribution < -0.4 is 10.6 Å². The van der Waals surface area contributed by atoms with Crippen LogP contribution in [0.3, 0.4) is 0 Å². The lowest BCUT2D eigenvalue weighted by Gasteiger charge is -2.31. The highest BCUT2D eigenvalue weighted by atomic mass is 19.1. The molecule has 2 aromatic heterocycles. The van der Waals surface area contributed by atoms with Gasteiger partial charge in [-0.05, 0) is 13.0 Å². The molecule has 8 nitrogen and oxygen atoms in total. The molecule has 1 aliphatic heterocycles. The van der Waals surface area contributed by atoms with Gasteiger partial charge in [-0.3, -0.25) is 10.1 Å². The Morgan fingerprint density at radius 2 is 2.24 bits per heavy atom. The number of aromatic nitrogens is 4. The van der Waals surface area contributed by atoms with E-state index in [2.05, 4.69) is 30.1 Å². The van der Waals surface area contributed by atoms with Crippen molar-refractivity contribution in [2.75, 3.05) is 31.6 Å². The number of hydrogen-bond donors (Lipinski definition) is 2. The van der Waals surface area contributed by atoms with Gasteiger partial charge in [-0.2, -0.15) is 5.10 Å². The summed E-state index contributed by atoms with van der Waals surface area (Å²) in [5.74, 6) is 0.402. The molecule has 0 bridgehead atoms. The van der Waals surface area contributed by atoms with Crippen molar-refractivity contribution < 1.29 is 9.13 Å². The van der Waals surface area contributed by atoms with E-state index < -0.39 is 5.82 Å². The lowest BCUT2D eigenvalue weighted by Crippen LogP contribution is -2.41. The SMILES string of the molecule is CN=CC(=CN)c1cc2c(-c3cc(N4CCO[C@H](C)C4)ncn3)n[nH]c2cc1F. The number of allylic oxidation sites excluding steroid dienone is 1. The van der Waals surface area contributed by atoms with Crippen molar-refractivity contribution in [3.8, 4) is 11.4 Å². The van der Waals surface area contributed by atoms with Gasteiger partial charge in [0.05, 0.1) is 23.9 Å². The molecule has 0 aliphatic carbocycles. The van der Waals surface area contributed by atoms with Crippen molar-refractivity contribution in [3.05, 3.63) is 42.1 Å². The number of fused-ring (bicyclic) bond motifs is 1. The molecular weight excluding hydrogens is 373 g/mol. The van der Waals surface area contributed by atoms with Gasteiger partial charge in [-0.1, -0.05) is 0 Å². The molecule has 150 valence electrons. The van der Waals surface area contributed by atoms with E-state index in [4.69, 9.17) is 10.5 Å². The first kappa shape index (κ1) is 19.0. The van der Waals surface area contributed by atoms with Crippen LogP contribution in [-0.4, -0.2) is 59.2 Å². The Hall–Kier alpha value is -3.33. The standard InChI is InChI=1S/C20H22FN7O/c1-12-10-28(3-4-29-12)19-7-18(24-11-25-19)20-15-5-14(13(8-22)9-23-2)16(21)6-17(15)26-27-20/h5-9,11-12H,3-4,10,22H2,1-2H3,(H,26,27)/t12-/m1/s1. The maximum absolute atomic E-state index is 14.6. The van der Waals surface area contributed by atoms with Crippen LogP contribution in [0.25, 0.3) is 27.9 Å². The minimum Gasteiger partial charge on any atom is -0.404 e. The second-order valence-electron chi connectivity index (χ2n) is 6.85. The zero-order valence-corrected chi connectivity index (χ0v) is 16.3. The summed E-state index contributed by atoms with van der Waals surface area (Å²) in [6.45, 7) is 4.21. The first-order chi connectivity index (χ1) is 14.1. The number of nitrogens with two attached hydrogens (primary N) is 1. The van der Waals surface area contributed by atoms with E-state index in [1.54, 1.807) is 13.1 Å². The molecule has 0 spiro atoms. The van der Waals surface area contributed by atoms with Gasteiger partial charge in [-0.25, -0.2) is 14.4 Å². The number of rotatable bonds is 4. The topological polar surface area (TPSA) is 105 Å². The molecule has 1 saturated heterocycles. The fraction of sp³-hybridized carbons (Fsp3) is 0.300. The number of hydrogen-bond acceptors (Lipinski definition) is 7. The molecule has 1 atom stereocenters. The summed E-state index contributed by atoms with van der Waals surface area (Å²) in [5, 5.41) is 7.99. The van der Waals surface area contributed by atoms with Crippen LogP contribution in [0, 0.1) is 5.82 Å². The van der Waals surface area contributed by atoms with E-state index in [9.17, 15) is 4.39 Å². The van der Waals surface area contributed by atoms with Gasteiger partial charge in [0, 0.05) is 61.2 Å². The molecule has 0 radical (unpaired) electrons. The summed E-state index contributed by atoms with van der Waals surface area (Å²) >= 11 is 0. The molecule has 3 aromatic rings. The van der Waals surface area contributed by atoms with Gasteiger partial charge >= 0.3 is 0 Å².